The van der Waals surface area contributed by atoms with E-state index in [1.54, 1.807) is 20.1 Å². The van der Waals surface area contributed by atoms with Crippen molar-refractivity contribution in [2.75, 3.05) is 40.0 Å². The summed E-state index contributed by atoms with van der Waals surface area (Å²) in [5.74, 6) is -0.464. The zero-order valence-electron chi connectivity index (χ0n) is 15.6. The minimum absolute atomic E-state index is 0.0723. The molecule has 0 aromatic heterocycles. The Morgan fingerprint density at radius 1 is 1.37 bits per heavy atom. The third-order valence-electron chi connectivity index (χ3n) is 4.08. The predicted molar refractivity (Wildman–Crippen MR) is 105 cm³/mol. The van der Waals surface area contributed by atoms with Crippen molar-refractivity contribution in [1.29, 1.82) is 0 Å². The first-order valence-electron chi connectivity index (χ1n) is 8.55. The number of methoxy groups -OCH3 is 1. The van der Waals surface area contributed by atoms with Gasteiger partial charge >= 0.3 is 0 Å². The van der Waals surface area contributed by atoms with Crippen molar-refractivity contribution >= 4 is 33.3 Å². The maximum atomic E-state index is 12.8. The van der Waals surface area contributed by atoms with Gasteiger partial charge in [-0.05, 0) is 43.8 Å². The molecule has 2 rings (SSSR count). The van der Waals surface area contributed by atoms with E-state index in [-0.39, 0.29) is 21.6 Å². The summed E-state index contributed by atoms with van der Waals surface area (Å²) in [4.78, 5) is 12.6. The van der Waals surface area contributed by atoms with Gasteiger partial charge in [0.15, 0.2) is 5.11 Å². The summed E-state index contributed by atoms with van der Waals surface area (Å²) in [6, 6.07) is 4.44. The van der Waals surface area contributed by atoms with E-state index < -0.39 is 15.9 Å². The molecule has 150 valence electrons. The van der Waals surface area contributed by atoms with Crippen molar-refractivity contribution in [3.63, 3.8) is 0 Å². The molecular formula is C17H25N3O5S2. The molecule has 0 aliphatic carbocycles. The Balaban J connectivity index is 2.16. The van der Waals surface area contributed by atoms with Crippen molar-refractivity contribution in [3.8, 4) is 0 Å². The quantitative estimate of drug-likeness (QED) is 0.659. The number of morpholine rings is 1. The molecule has 1 atom stereocenters. The van der Waals surface area contributed by atoms with Crippen molar-refractivity contribution in [2.24, 2.45) is 0 Å². The molecular weight excluding hydrogens is 390 g/mol. The smallest absolute Gasteiger partial charge is 0.257 e. The first kappa shape index (κ1) is 21.7. The van der Waals surface area contributed by atoms with Gasteiger partial charge in [0.2, 0.25) is 10.0 Å². The Morgan fingerprint density at radius 2 is 2.04 bits per heavy atom. The largest absolute Gasteiger partial charge is 0.383 e. The summed E-state index contributed by atoms with van der Waals surface area (Å²) in [5, 5.41) is 5.67. The Hall–Kier alpha value is -1.59. The second-order valence-corrected chi connectivity index (χ2v) is 8.62. The summed E-state index contributed by atoms with van der Waals surface area (Å²) in [5.41, 5.74) is 0.911. The minimum Gasteiger partial charge on any atom is -0.383 e. The van der Waals surface area contributed by atoms with Crippen molar-refractivity contribution in [1.82, 2.24) is 14.9 Å². The Kier molecular flexibility index (Phi) is 7.68. The van der Waals surface area contributed by atoms with E-state index in [1.807, 2.05) is 6.92 Å². The number of carbonyl (C=O) groups is 1. The van der Waals surface area contributed by atoms with E-state index in [0.29, 0.717) is 38.5 Å². The summed E-state index contributed by atoms with van der Waals surface area (Å²) in [7, 11) is -2.11. The molecule has 1 aromatic rings. The number of rotatable bonds is 6. The van der Waals surface area contributed by atoms with E-state index in [2.05, 4.69) is 10.6 Å². The van der Waals surface area contributed by atoms with E-state index in [4.69, 9.17) is 21.7 Å². The molecule has 0 unspecified atom stereocenters. The van der Waals surface area contributed by atoms with Gasteiger partial charge in [-0.2, -0.15) is 4.31 Å². The van der Waals surface area contributed by atoms with Crippen molar-refractivity contribution < 1.29 is 22.7 Å². The van der Waals surface area contributed by atoms with Gasteiger partial charge in [-0.3, -0.25) is 10.1 Å². The lowest BCUT2D eigenvalue weighted by molar-refractivity contribution is 0.0730. The van der Waals surface area contributed by atoms with E-state index in [9.17, 15) is 13.2 Å². The molecule has 0 saturated carbocycles. The molecule has 1 saturated heterocycles. The zero-order chi connectivity index (χ0) is 20.0. The Labute approximate surface area is 165 Å². The number of aryl methyl sites for hydroxylation is 1. The third kappa shape index (κ3) is 5.69. The number of hydrogen-bond donors (Lipinski definition) is 2. The second kappa shape index (κ2) is 9.56. The van der Waals surface area contributed by atoms with Crippen LogP contribution in [0.25, 0.3) is 0 Å². The average Bonchev–Trinajstić information content (AvgIpc) is 2.62. The van der Waals surface area contributed by atoms with E-state index >= 15 is 0 Å². The minimum atomic E-state index is -3.68. The van der Waals surface area contributed by atoms with E-state index in [1.165, 1.54) is 16.4 Å². The fourth-order valence-corrected chi connectivity index (χ4v) is 4.39. The number of carbonyl (C=O) groups excluding carboxylic acids is 1. The van der Waals surface area contributed by atoms with Gasteiger partial charge in [0.1, 0.15) is 0 Å². The number of benzene rings is 1. The standard InChI is InChI=1S/C17H25N3O5S2/c1-12-4-5-14(27(22,23)20-6-8-25-9-7-20)10-15(12)16(21)19-17(26)18-13(2)11-24-3/h4-5,10,13H,6-9,11H2,1-3H3,(H2,18,19,21,26)/t13-/m0/s1. The number of nitrogens with one attached hydrogen (secondary N) is 2. The third-order valence-corrected chi connectivity index (χ3v) is 6.20. The van der Waals surface area contributed by atoms with Gasteiger partial charge < -0.3 is 14.8 Å². The molecule has 0 spiro atoms. The van der Waals surface area contributed by atoms with Crippen molar-refractivity contribution in [2.45, 2.75) is 24.8 Å². The highest BCUT2D eigenvalue weighted by Gasteiger charge is 2.27. The number of hydrogen-bond acceptors (Lipinski definition) is 6. The monoisotopic (exact) mass is 415 g/mol. The SMILES string of the molecule is COC[C@H](C)NC(=S)NC(=O)c1cc(S(=O)(=O)N2CCOCC2)ccc1C. The molecule has 8 nitrogen and oxygen atoms in total. The van der Waals surface area contributed by atoms with Crippen LogP contribution in [0.1, 0.15) is 22.8 Å². The van der Waals surface area contributed by atoms with Crippen LogP contribution in [0.2, 0.25) is 0 Å². The fourth-order valence-electron chi connectivity index (χ4n) is 2.66. The Bertz CT molecular complexity index is 792. The first-order valence-corrected chi connectivity index (χ1v) is 10.4. The fraction of sp³-hybridized carbons (Fsp3) is 0.529. The lowest BCUT2D eigenvalue weighted by atomic mass is 10.1. The molecule has 1 aliphatic rings. The predicted octanol–water partition coefficient (Wildman–Crippen LogP) is 0.655. The van der Waals surface area contributed by atoms with Crippen LogP contribution in [0.5, 0.6) is 0 Å². The summed E-state index contributed by atoms with van der Waals surface area (Å²) < 4.78 is 37.2. The topological polar surface area (TPSA) is 97.0 Å². The summed E-state index contributed by atoms with van der Waals surface area (Å²) in [6.07, 6.45) is 0. The van der Waals surface area contributed by atoms with Crippen LogP contribution in [0.15, 0.2) is 23.1 Å². The highest BCUT2D eigenvalue weighted by molar-refractivity contribution is 7.89. The molecule has 2 N–H and O–H groups in total. The van der Waals surface area contributed by atoms with Gasteiger partial charge in [0, 0.05) is 31.8 Å². The highest BCUT2D eigenvalue weighted by atomic mass is 32.2. The molecule has 1 aromatic carbocycles. The molecule has 27 heavy (non-hydrogen) atoms. The zero-order valence-corrected chi connectivity index (χ0v) is 17.3. The number of thiocarbonyl (C=S) groups is 1. The number of nitrogens with zero attached hydrogens (tertiary/aromatic N) is 1. The van der Waals surface area contributed by atoms with Crippen LogP contribution >= 0.6 is 12.2 Å². The number of ether oxygens (including phenoxy) is 2. The average molecular weight is 416 g/mol. The van der Waals surface area contributed by atoms with Gasteiger partial charge in [0.25, 0.3) is 5.91 Å². The van der Waals surface area contributed by atoms with Crippen LogP contribution in [0.4, 0.5) is 0 Å². The molecule has 1 fully saturated rings. The van der Waals surface area contributed by atoms with Crippen LogP contribution in [-0.4, -0.2) is 69.8 Å². The maximum absolute atomic E-state index is 12.8. The Morgan fingerprint density at radius 3 is 2.67 bits per heavy atom. The van der Waals surface area contributed by atoms with Gasteiger partial charge in [-0.1, -0.05) is 6.07 Å². The summed E-state index contributed by atoms with van der Waals surface area (Å²) >= 11 is 5.13. The van der Waals surface area contributed by atoms with Crippen LogP contribution in [0.3, 0.4) is 0 Å². The molecule has 10 heteroatoms. The second-order valence-electron chi connectivity index (χ2n) is 6.28. The highest BCUT2D eigenvalue weighted by Crippen LogP contribution is 2.20. The molecule has 1 amide bonds. The van der Waals surface area contributed by atoms with Crippen LogP contribution in [-0.2, 0) is 19.5 Å². The van der Waals surface area contributed by atoms with Crippen LogP contribution < -0.4 is 10.6 Å². The van der Waals surface area contributed by atoms with Gasteiger partial charge in [0.05, 0.1) is 24.7 Å². The van der Waals surface area contributed by atoms with Gasteiger partial charge in [-0.25, -0.2) is 8.42 Å². The summed E-state index contributed by atoms with van der Waals surface area (Å²) in [6.45, 7) is 5.34. The normalized spacial score (nSPS) is 16.6. The molecule has 0 radical (unpaired) electrons. The number of amides is 1. The first-order chi connectivity index (χ1) is 12.8. The van der Waals surface area contributed by atoms with Crippen molar-refractivity contribution in [3.05, 3.63) is 29.3 Å². The lowest BCUT2D eigenvalue weighted by Gasteiger charge is -2.26. The number of sulfonamides is 1. The van der Waals surface area contributed by atoms with E-state index in [0.717, 1.165) is 0 Å². The maximum Gasteiger partial charge on any atom is 0.257 e. The molecule has 1 heterocycles. The van der Waals surface area contributed by atoms with Crippen LogP contribution in [0, 0.1) is 6.92 Å². The molecule has 1 aliphatic heterocycles. The lowest BCUT2D eigenvalue weighted by Crippen LogP contribution is -2.45. The van der Waals surface area contributed by atoms with Gasteiger partial charge in [-0.15, -0.1) is 0 Å². The molecule has 0 bridgehead atoms.